The van der Waals surface area contributed by atoms with Crippen molar-refractivity contribution in [1.82, 2.24) is 4.90 Å². The lowest BCUT2D eigenvalue weighted by Crippen LogP contribution is -2.40. The topological polar surface area (TPSA) is 127 Å². The van der Waals surface area contributed by atoms with Crippen molar-refractivity contribution in [2.75, 3.05) is 43.1 Å². The van der Waals surface area contributed by atoms with E-state index in [2.05, 4.69) is 0 Å². The smallest absolute Gasteiger partial charge is 0.338 e. The molecule has 3 rings (SSSR count). The summed E-state index contributed by atoms with van der Waals surface area (Å²) >= 11 is 0. The Kier molecular flexibility index (Phi) is 7.14. The number of likely N-dealkylation sites (N-methyl/N-ethyl adjacent to an activating group) is 1. The molecule has 11 heteroatoms. The highest BCUT2D eigenvalue weighted by Gasteiger charge is 2.33. The van der Waals surface area contributed by atoms with Crippen LogP contribution < -0.4 is 4.90 Å². The number of hydrogen-bond donors (Lipinski definition) is 0. The molecule has 1 amide bonds. The van der Waals surface area contributed by atoms with Crippen LogP contribution in [0.15, 0.2) is 18.2 Å². The van der Waals surface area contributed by atoms with Crippen molar-refractivity contribution < 1.29 is 27.7 Å². The molecule has 0 saturated carbocycles. The second kappa shape index (κ2) is 9.63. The minimum absolute atomic E-state index is 0.0100. The number of rotatable bonds is 6. The molecule has 2 heterocycles. The second-order valence-corrected chi connectivity index (χ2v) is 10.2. The van der Waals surface area contributed by atoms with E-state index in [4.69, 9.17) is 4.74 Å². The van der Waals surface area contributed by atoms with Crippen molar-refractivity contribution in [2.24, 2.45) is 0 Å². The number of nitro groups is 1. The first-order valence-electron chi connectivity index (χ1n) is 10.3. The van der Waals surface area contributed by atoms with Gasteiger partial charge in [-0.25, -0.2) is 13.2 Å². The third kappa shape index (κ3) is 5.72. The Morgan fingerprint density at radius 1 is 1.23 bits per heavy atom. The van der Waals surface area contributed by atoms with Crippen molar-refractivity contribution in [2.45, 2.75) is 38.1 Å². The number of amides is 1. The number of esters is 1. The molecular formula is C20H27N3O7S. The second-order valence-electron chi connectivity index (χ2n) is 8.00. The molecule has 1 aromatic carbocycles. The fourth-order valence-corrected chi connectivity index (χ4v) is 5.75. The predicted molar refractivity (Wildman–Crippen MR) is 114 cm³/mol. The zero-order valence-corrected chi connectivity index (χ0v) is 18.3. The van der Waals surface area contributed by atoms with Gasteiger partial charge < -0.3 is 14.5 Å². The number of carbonyl (C=O) groups excluding carboxylic acids is 2. The van der Waals surface area contributed by atoms with Crippen LogP contribution in [0.4, 0.5) is 11.4 Å². The van der Waals surface area contributed by atoms with Gasteiger partial charge >= 0.3 is 5.97 Å². The summed E-state index contributed by atoms with van der Waals surface area (Å²) in [6.07, 6.45) is 4.44. The van der Waals surface area contributed by atoms with Crippen LogP contribution in [0.1, 0.15) is 42.5 Å². The molecule has 0 aromatic heterocycles. The lowest BCUT2D eigenvalue weighted by Gasteiger charge is -2.23. The molecule has 0 N–H and O–H groups in total. The summed E-state index contributed by atoms with van der Waals surface area (Å²) in [5.74, 6) is -1.44. The van der Waals surface area contributed by atoms with Crippen molar-refractivity contribution in [3.05, 3.63) is 33.9 Å². The first kappa shape index (κ1) is 23.0. The Morgan fingerprint density at radius 3 is 2.48 bits per heavy atom. The standard InChI is InChI=1S/C20H27N3O7S/c1-21(16-8-11-31(28,29)14-16)19(24)13-30-20(25)15-6-7-17(18(12-15)23(26)27)22-9-4-2-3-5-10-22/h6-7,12,16H,2-5,8-11,13-14H2,1H3. The molecule has 0 spiro atoms. The Bertz CT molecular complexity index is 956. The highest BCUT2D eigenvalue weighted by molar-refractivity contribution is 7.91. The molecular weight excluding hydrogens is 426 g/mol. The molecule has 1 atom stereocenters. The monoisotopic (exact) mass is 453 g/mol. The Labute approximate surface area is 181 Å². The van der Waals surface area contributed by atoms with Crippen molar-refractivity contribution >= 4 is 33.1 Å². The number of benzene rings is 1. The molecule has 170 valence electrons. The SMILES string of the molecule is CN(C(=O)COC(=O)c1ccc(N2CCCCCC2)c([N+](=O)[O-])c1)C1CCS(=O)(=O)C1. The van der Waals surface area contributed by atoms with E-state index in [1.807, 2.05) is 4.90 Å². The van der Waals surface area contributed by atoms with Gasteiger partial charge in [-0.2, -0.15) is 0 Å². The first-order chi connectivity index (χ1) is 14.7. The van der Waals surface area contributed by atoms with Crippen LogP contribution >= 0.6 is 0 Å². The van der Waals surface area contributed by atoms with E-state index in [-0.39, 0.29) is 22.8 Å². The van der Waals surface area contributed by atoms with Crippen molar-refractivity contribution in [3.63, 3.8) is 0 Å². The van der Waals surface area contributed by atoms with Gasteiger partial charge in [-0.05, 0) is 31.4 Å². The molecule has 1 aromatic rings. The molecule has 10 nitrogen and oxygen atoms in total. The molecule has 2 aliphatic rings. The van der Waals surface area contributed by atoms with E-state index in [0.717, 1.165) is 38.8 Å². The van der Waals surface area contributed by atoms with Gasteiger partial charge in [0, 0.05) is 32.2 Å². The van der Waals surface area contributed by atoms with Crippen LogP contribution in [0, 0.1) is 10.1 Å². The van der Waals surface area contributed by atoms with Crippen LogP contribution in [0.3, 0.4) is 0 Å². The van der Waals surface area contributed by atoms with Gasteiger partial charge in [0.05, 0.1) is 22.0 Å². The summed E-state index contributed by atoms with van der Waals surface area (Å²) in [6, 6.07) is 3.76. The molecule has 0 radical (unpaired) electrons. The first-order valence-corrected chi connectivity index (χ1v) is 12.2. The number of carbonyl (C=O) groups is 2. The summed E-state index contributed by atoms with van der Waals surface area (Å²) in [7, 11) is -1.67. The van der Waals surface area contributed by atoms with Gasteiger partial charge in [-0.15, -0.1) is 0 Å². The normalized spacial score (nSPS) is 20.7. The Morgan fingerprint density at radius 2 is 1.90 bits per heavy atom. The van der Waals surface area contributed by atoms with Crippen LogP contribution in [-0.4, -0.2) is 74.4 Å². The maximum absolute atomic E-state index is 12.4. The average Bonchev–Trinajstić information content (AvgIpc) is 2.93. The summed E-state index contributed by atoms with van der Waals surface area (Å²) < 4.78 is 28.2. The fourth-order valence-electron chi connectivity index (χ4n) is 3.97. The van der Waals surface area contributed by atoms with E-state index in [9.17, 15) is 28.1 Å². The van der Waals surface area contributed by atoms with Crippen LogP contribution in [0.5, 0.6) is 0 Å². The molecule has 2 saturated heterocycles. The number of ether oxygens (including phenoxy) is 1. The minimum Gasteiger partial charge on any atom is -0.452 e. The molecule has 31 heavy (non-hydrogen) atoms. The van der Waals surface area contributed by atoms with E-state index in [1.165, 1.54) is 24.1 Å². The van der Waals surface area contributed by atoms with E-state index in [1.54, 1.807) is 6.07 Å². The highest BCUT2D eigenvalue weighted by atomic mass is 32.2. The number of anilines is 1. The lowest BCUT2D eigenvalue weighted by atomic mass is 10.1. The third-order valence-corrected chi connectivity index (χ3v) is 7.58. The average molecular weight is 454 g/mol. The van der Waals surface area contributed by atoms with Crippen LogP contribution in [-0.2, 0) is 19.4 Å². The molecule has 1 unspecified atom stereocenters. The number of nitro benzene ring substituents is 1. The summed E-state index contributed by atoms with van der Waals surface area (Å²) in [4.78, 5) is 39.0. The van der Waals surface area contributed by atoms with Crippen molar-refractivity contribution in [3.8, 4) is 0 Å². The van der Waals surface area contributed by atoms with E-state index < -0.39 is 39.3 Å². The summed E-state index contributed by atoms with van der Waals surface area (Å²) in [5, 5.41) is 11.6. The van der Waals surface area contributed by atoms with E-state index >= 15 is 0 Å². The summed E-state index contributed by atoms with van der Waals surface area (Å²) in [5.41, 5.74) is 0.293. The van der Waals surface area contributed by atoms with Gasteiger partial charge in [0.15, 0.2) is 16.4 Å². The largest absolute Gasteiger partial charge is 0.452 e. The van der Waals surface area contributed by atoms with E-state index in [0.29, 0.717) is 12.1 Å². The highest BCUT2D eigenvalue weighted by Crippen LogP contribution is 2.31. The zero-order chi connectivity index (χ0) is 22.6. The number of hydrogen-bond acceptors (Lipinski definition) is 8. The zero-order valence-electron chi connectivity index (χ0n) is 17.5. The molecule has 2 aliphatic heterocycles. The van der Waals surface area contributed by atoms with Crippen molar-refractivity contribution in [1.29, 1.82) is 0 Å². The maximum Gasteiger partial charge on any atom is 0.338 e. The van der Waals surface area contributed by atoms with Crippen LogP contribution in [0.2, 0.25) is 0 Å². The quantitative estimate of drug-likeness (QED) is 0.362. The van der Waals surface area contributed by atoms with Gasteiger partial charge in [-0.3, -0.25) is 14.9 Å². The predicted octanol–water partition coefficient (Wildman–Crippen LogP) is 1.78. The van der Waals surface area contributed by atoms with Crippen LogP contribution in [0.25, 0.3) is 0 Å². The lowest BCUT2D eigenvalue weighted by molar-refractivity contribution is -0.384. The van der Waals surface area contributed by atoms with Gasteiger partial charge in [0.25, 0.3) is 11.6 Å². The maximum atomic E-state index is 12.4. The van der Waals surface area contributed by atoms with Gasteiger partial charge in [0.2, 0.25) is 0 Å². The Balaban J connectivity index is 1.65. The third-order valence-electron chi connectivity index (χ3n) is 5.83. The molecule has 0 bridgehead atoms. The number of nitrogens with zero attached hydrogens (tertiary/aromatic N) is 3. The number of sulfone groups is 1. The van der Waals surface area contributed by atoms with Gasteiger partial charge in [0.1, 0.15) is 5.69 Å². The minimum atomic E-state index is -3.15. The van der Waals surface area contributed by atoms with Gasteiger partial charge in [-0.1, -0.05) is 12.8 Å². The fraction of sp³-hybridized carbons (Fsp3) is 0.600. The Hall–Kier alpha value is -2.69. The molecule has 0 aliphatic carbocycles. The summed E-state index contributed by atoms with van der Waals surface area (Å²) in [6.45, 7) is 0.887. The molecule has 2 fully saturated rings.